The topological polar surface area (TPSA) is 76.7 Å². The van der Waals surface area contributed by atoms with Crippen molar-refractivity contribution in [1.29, 1.82) is 0 Å². The molecule has 0 spiro atoms. The number of nitrogens with one attached hydrogen (secondary N) is 2. The molecule has 2 rings (SSSR count). The van der Waals surface area contributed by atoms with Crippen molar-refractivity contribution in [2.45, 2.75) is 32.8 Å². The highest BCUT2D eigenvalue weighted by Crippen LogP contribution is 2.29. The van der Waals surface area contributed by atoms with E-state index >= 15 is 0 Å². The first-order valence-electron chi connectivity index (χ1n) is 8.79. The van der Waals surface area contributed by atoms with E-state index in [1.807, 2.05) is 18.2 Å². The molecule has 0 aromatic heterocycles. The standard InChI is InChI=1S/C20H25ClN2O4/c1-20(2,3)27-19(25)23-10-4-9-22-18(24)8-5-14-11-15-12-16(21)6-7-17(15)26-13-14/h5-8,11-12H,4,9-10,13H2,1-3H3,(H,22,24)(H,23,25)/b8-5+. The summed E-state index contributed by atoms with van der Waals surface area (Å²) in [6.07, 6.45) is 5.28. The number of rotatable bonds is 6. The van der Waals surface area contributed by atoms with E-state index in [2.05, 4.69) is 10.6 Å². The minimum absolute atomic E-state index is 0.204. The summed E-state index contributed by atoms with van der Waals surface area (Å²) in [5.74, 6) is 0.573. The lowest BCUT2D eigenvalue weighted by Gasteiger charge is -2.19. The van der Waals surface area contributed by atoms with Crippen molar-refractivity contribution in [3.8, 4) is 5.75 Å². The average Bonchev–Trinajstić information content (AvgIpc) is 2.57. The summed E-state index contributed by atoms with van der Waals surface area (Å²) in [4.78, 5) is 23.4. The van der Waals surface area contributed by atoms with Crippen LogP contribution in [0.5, 0.6) is 5.75 Å². The molecule has 1 aliphatic heterocycles. The minimum Gasteiger partial charge on any atom is -0.488 e. The Morgan fingerprint density at radius 1 is 1.26 bits per heavy atom. The van der Waals surface area contributed by atoms with E-state index in [0.717, 1.165) is 16.9 Å². The maximum Gasteiger partial charge on any atom is 0.407 e. The van der Waals surface area contributed by atoms with Gasteiger partial charge in [-0.25, -0.2) is 4.79 Å². The first-order valence-corrected chi connectivity index (χ1v) is 9.16. The zero-order valence-electron chi connectivity index (χ0n) is 15.8. The monoisotopic (exact) mass is 392 g/mol. The molecule has 0 saturated carbocycles. The number of carbonyl (C=O) groups excluding carboxylic acids is 2. The average molecular weight is 393 g/mol. The predicted molar refractivity (Wildman–Crippen MR) is 106 cm³/mol. The van der Waals surface area contributed by atoms with Crippen molar-refractivity contribution in [2.75, 3.05) is 19.7 Å². The normalized spacial score (nSPS) is 13.4. The Kier molecular flexibility index (Phi) is 7.30. The van der Waals surface area contributed by atoms with Crippen LogP contribution in [0.25, 0.3) is 6.08 Å². The third kappa shape index (κ3) is 7.74. The van der Waals surface area contributed by atoms with Crippen molar-refractivity contribution in [3.63, 3.8) is 0 Å². The lowest BCUT2D eigenvalue weighted by Crippen LogP contribution is -2.34. The molecule has 0 fully saturated rings. The molecule has 0 atom stereocenters. The van der Waals surface area contributed by atoms with Gasteiger partial charge in [0.15, 0.2) is 0 Å². The van der Waals surface area contributed by atoms with Gasteiger partial charge in [-0.2, -0.15) is 0 Å². The van der Waals surface area contributed by atoms with Crippen LogP contribution < -0.4 is 15.4 Å². The van der Waals surface area contributed by atoms with Gasteiger partial charge in [-0.1, -0.05) is 17.7 Å². The van der Waals surface area contributed by atoms with Crippen LogP contribution >= 0.6 is 11.6 Å². The van der Waals surface area contributed by atoms with Gasteiger partial charge in [-0.15, -0.1) is 0 Å². The second-order valence-electron chi connectivity index (χ2n) is 7.10. The fourth-order valence-electron chi connectivity index (χ4n) is 2.31. The number of alkyl carbamates (subject to hydrolysis) is 1. The van der Waals surface area contributed by atoms with Gasteiger partial charge in [-0.3, -0.25) is 4.79 Å². The van der Waals surface area contributed by atoms with Gasteiger partial charge in [0.2, 0.25) is 5.91 Å². The van der Waals surface area contributed by atoms with E-state index in [9.17, 15) is 9.59 Å². The molecule has 0 unspecified atom stereocenters. The van der Waals surface area contributed by atoms with Crippen molar-refractivity contribution >= 4 is 29.7 Å². The Morgan fingerprint density at radius 2 is 2.00 bits per heavy atom. The molecular weight excluding hydrogens is 368 g/mol. The van der Waals surface area contributed by atoms with E-state index in [-0.39, 0.29) is 5.91 Å². The van der Waals surface area contributed by atoms with Crippen LogP contribution in [0.1, 0.15) is 32.8 Å². The smallest absolute Gasteiger partial charge is 0.407 e. The molecule has 2 amide bonds. The maximum absolute atomic E-state index is 11.9. The second-order valence-corrected chi connectivity index (χ2v) is 7.53. The lowest BCUT2D eigenvalue weighted by atomic mass is 10.1. The molecule has 1 heterocycles. The number of hydrogen-bond donors (Lipinski definition) is 2. The summed E-state index contributed by atoms with van der Waals surface area (Å²) < 4.78 is 10.8. The molecule has 1 aromatic rings. The minimum atomic E-state index is -0.521. The van der Waals surface area contributed by atoms with Gasteiger partial charge in [0.1, 0.15) is 18.0 Å². The van der Waals surface area contributed by atoms with Gasteiger partial charge >= 0.3 is 6.09 Å². The Balaban J connectivity index is 1.69. The molecule has 0 aliphatic carbocycles. The third-order valence-corrected chi connectivity index (χ3v) is 3.71. The van der Waals surface area contributed by atoms with Crippen LogP contribution in [0.4, 0.5) is 4.79 Å². The third-order valence-electron chi connectivity index (χ3n) is 3.48. The molecule has 146 valence electrons. The van der Waals surface area contributed by atoms with Crippen molar-refractivity contribution in [2.24, 2.45) is 0 Å². The molecule has 1 aliphatic rings. The van der Waals surface area contributed by atoms with Gasteiger partial charge < -0.3 is 20.1 Å². The number of benzene rings is 1. The van der Waals surface area contributed by atoms with Crippen LogP contribution in [0.2, 0.25) is 5.02 Å². The van der Waals surface area contributed by atoms with Crippen LogP contribution in [0.15, 0.2) is 35.9 Å². The zero-order valence-corrected chi connectivity index (χ0v) is 16.6. The van der Waals surface area contributed by atoms with E-state index in [4.69, 9.17) is 21.1 Å². The molecule has 2 N–H and O–H groups in total. The van der Waals surface area contributed by atoms with Crippen molar-refractivity contribution in [3.05, 3.63) is 46.5 Å². The highest BCUT2D eigenvalue weighted by molar-refractivity contribution is 6.30. The first kappa shape index (κ1) is 20.8. The van der Waals surface area contributed by atoms with Gasteiger partial charge in [-0.05, 0) is 57.0 Å². The molecule has 0 radical (unpaired) electrons. The summed E-state index contributed by atoms with van der Waals surface area (Å²) >= 11 is 5.98. The fraction of sp³-hybridized carbons (Fsp3) is 0.400. The van der Waals surface area contributed by atoms with Crippen molar-refractivity contribution < 1.29 is 19.1 Å². The molecule has 0 saturated heterocycles. The number of fused-ring (bicyclic) bond motifs is 1. The van der Waals surface area contributed by atoms with Crippen LogP contribution in [0.3, 0.4) is 0 Å². The van der Waals surface area contributed by atoms with E-state index in [0.29, 0.717) is 31.1 Å². The SMILES string of the molecule is CC(C)(C)OC(=O)NCCCNC(=O)/C=C/C1=Cc2cc(Cl)ccc2OC1. The zero-order chi connectivity index (χ0) is 19.9. The second kappa shape index (κ2) is 9.46. The quantitative estimate of drug-likeness (QED) is 0.571. The molecular formula is C20H25ClN2O4. The number of carbonyl (C=O) groups is 2. The van der Waals surface area contributed by atoms with E-state index in [1.54, 1.807) is 32.9 Å². The van der Waals surface area contributed by atoms with E-state index < -0.39 is 11.7 Å². The molecule has 0 bridgehead atoms. The Bertz CT molecular complexity index is 751. The molecule has 7 heteroatoms. The Labute approximate surface area is 164 Å². The largest absolute Gasteiger partial charge is 0.488 e. The number of hydrogen-bond acceptors (Lipinski definition) is 4. The lowest BCUT2D eigenvalue weighted by molar-refractivity contribution is -0.116. The van der Waals surface area contributed by atoms with Gasteiger partial charge in [0.25, 0.3) is 0 Å². The van der Waals surface area contributed by atoms with Gasteiger partial charge in [0.05, 0.1) is 0 Å². The summed E-state index contributed by atoms with van der Waals surface area (Å²) in [6.45, 7) is 6.69. The number of halogens is 1. The van der Waals surface area contributed by atoms with Crippen LogP contribution in [0, 0.1) is 0 Å². The highest BCUT2D eigenvalue weighted by Gasteiger charge is 2.15. The van der Waals surface area contributed by atoms with Crippen molar-refractivity contribution in [1.82, 2.24) is 10.6 Å². The molecule has 27 heavy (non-hydrogen) atoms. The van der Waals surface area contributed by atoms with Crippen LogP contribution in [-0.4, -0.2) is 37.3 Å². The molecule has 1 aromatic carbocycles. The van der Waals surface area contributed by atoms with Crippen LogP contribution in [-0.2, 0) is 9.53 Å². The Morgan fingerprint density at radius 3 is 2.74 bits per heavy atom. The Hall–Kier alpha value is -2.47. The number of amides is 2. The predicted octanol–water partition coefficient (Wildman–Crippen LogP) is 3.70. The number of ether oxygens (including phenoxy) is 2. The summed E-state index contributed by atoms with van der Waals surface area (Å²) in [5.41, 5.74) is 1.25. The highest BCUT2D eigenvalue weighted by atomic mass is 35.5. The fourth-order valence-corrected chi connectivity index (χ4v) is 2.49. The summed E-state index contributed by atoms with van der Waals surface area (Å²) in [6, 6.07) is 5.43. The molecule has 6 nitrogen and oxygen atoms in total. The van der Waals surface area contributed by atoms with Gasteiger partial charge in [0, 0.05) is 29.8 Å². The maximum atomic E-state index is 11.9. The summed E-state index contributed by atoms with van der Waals surface area (Å²) in [7, 11) is 0. The first-order chi connectivity index (χ1) is 12.7. The summed E-state index contributed by atoms with van der Waals surface area (Å²) in [5, 5.41) is 6.04. The van der Waals surface area contributed by atoms with E-state index in [1.165, 1.54) is 6.08 Å².